The highest BCUT2D eigenvalue weighted by Gasteiger charge is 2.31. The van der Waals surface area contributed by atoms with Crippen LogP contribution in [0.25, 0.3) is 0 Å². The number of carbonyl (C=O) groups excluding carboxylic acids is 2. The van der Waals surface area contributed by atoms with Gasteiger partial charge in [-0.1, -0.05) is 23.2 Å². The van der Waals surface area contributed by atoms with Crippen LogP contribution in [0, 0.1) is 5.82 Å². The second kappa shape index (κ2) is 12.5. The zero-order chi connectivity index (χ0) is 25.4. The number of anilines is 1. The molecule has 1 unspecified atom stereocenters. The van der Waals surface area contributed by atoms with E-state index in [4.69, 9.17) is 37.8 Å². The van der Waals surface area contributed by atoms with Crippen LogP contribution in [0.5, 0.6) is 11.5 Å². The predicted octanol–water partition coefficient (Wildman–Crippen LogP) is 2.88. The van der Waals surface area contributed by atoms with Crippen LogP contribution in [0.3, 0.4) is 0 Å². The van der Waals surface area contributed by atoms with E-state index in [-0.39, 0.29) is 55.9 Å². The van der Waals surface area contributed by atoms with Crippen molar-refractivity contribution in [1.82, 2.24) is 10.6 Å². The van der Waals surface area contributed by atoms with Crippen LogP contribution in [-0.2, 0) is 14.4 Å². The number of nitrogens with zero attached hydrogens (tertiary/aromatic N) is 1. The Kier molecular flexibility index (Phi) is 9.39. The molecule has 0 saturated carbocycles. The van der Waals surface area contributed by atoms with Gasteiger partial charge in [-0.05, 0) is 36.8 Å². The van der Waals surface area contributed by atoms with E-state index in [0.717, 1.165) is 6.07 Å². The fraction of sp³-hybridized carbons (Fsp3) is 0.348. The van der Waals surface area contributed by atoms with Crippen molar-refractivity contribution in [2.24, 2.45) is 0 Å². The summed E-state index contributed by atoms with van der Waals surface area (Å²) in [7, 11) is 0. The Hall–Kier alpha value is -3.24. The summed E-state index contributed by atoms with van der Waals surface area (Å²) in [4.78, 5) is 37.3. The lowest BCUT2D eigenvalue weighted by Crippen LogP contribution is -2.49. The van der Waals surface area contributed by atoms with Gasteiger partial charge in [0.15, 0.2) is 12.7 Å². The van der Waals surface area contributed by atoms with Crippen molar-refractivity contribution in [3.63, 3.8) is 0 Å². The number of benzene rings is 2. The van der Waals surface area contributed by atoms with Crippen molar-refractivity contribution in [1.29, 1.82) is 0 Å². The molecule has 3 rings (SSSR count). The number of hydrogen-bond donors (Lipinski definition) is 3. The van der Waals surface area contributed by atoms with Crippen molar-refractivity contribution in [3.8, 4) is 11.5 Å². The molecule has 9 nitrogen and oxygen atoms in total. The molecule has 1 aliphatic heterocycles. The number of halogens is 3. The number of carboxylic acid groups (broad SMARTS) is 1. The molecule has 12 heteroatoms. The van der Waals surface area contributed by atoms with Crippen molar-refractivity contribution in [3.05, 3.63) is 52.3 Å². The smallest absolute Gasteiger partial charge is 0.305 e. The summed E-state index contributed by atoms with van der Waals surface area (Å²) in [6.07, 6.45) is -0.481. The molecule has 3 N–H and O–H groups in total. The lowest BCUT2D eigenvalue weighted by atomic mass is 10.1. The number of aliphatic carboxylic acids is 1. The van der Waals surface area contributed by atoms with Gasteiger partial charge in [0.1, 0.15) is 17.3 Å². The maximum atomic E-state index is 13.4. The number of ether oxygens (including phenoxy) is 2. The second-order valence-corrected chi connectivity index (χ2v) is 8.51. The lowest BCUT2D eigenvalue weighted by Gasteiger charge is -2.35. The standard InChI is InChI=1S/C23H24Cl2FN3O6/c24-14-2-5-19-18(10-14)29(9-6-22(31)32)12-20(35-19)23(33)28-8-1-7-27-21(30)13-34-15-3-4-16(25)17(26)11-15/h2-5,10-11,20H,1,6-9,12-13H2,(H,27,30)(H,28,33)(H,31,32). The minimum Gasteiger partial charge on any atom is -0.484 e. The average molecular weight is 528 g/mol. The molecule has 1 atom stereocenters. The van der Waals surface area contributed by atoms with E-state index in [2.05, 4.69) is 10.6 Å². The first-order chi connectivity index (χ1) is 16.7. The van der Waals surface area contributed by atoms with E-state index in [0.29, 0.717) is 22.9 Å². The number of rotatable bonds is 11. The van der Waals surface area contributed by atoms with Crippen molar-refractivity contribution < 1.29 is 33.4 Å². The number of carboxylic acids is 1. The number of nitrogens with one attached hydrogen (secondary N) is 2. The molecule has 0 aromatic heterocycles. The Morgan fingerprint density at radius 3 is 2.66 bits per heavy atom. The third kappa shape index (κ3) is 7.90. The molecular weight excluding hydrogens is 504 g/mol. The molecule has 0 saturated heterocycles. The molecule has 2 aromatic rings. The summed E-state index contributed by atoms with van der Waals surface area (Å²) >= 11 is 11.6. The van der Waals surface area contributed by atoms with E-state index >= 15 is 0 Å². The fourth-order valence-corrected chi connectivity index (χ4v) is 3.60. The van der Waals surface area contributed by atoms with Gasteiger partial charge in [0.2, 0.25) is 0 Å². The maximum absolute atomic E-state index is 13.4. The van der Waals surface area contributed by atoms with E-state index in [1.807, 2.05) is 0 Å². The first-order valence-electron chi connectivity index (χ1n) is 10.8. The van der Waals surface area contributed by atoms with Crippen LogP contribution in [0.4, 0.5) is 10.1 Å². The molecular formula is C23H24Cl2FN3O6. The van der Waals surface area contributed by atoms with Gasteiger partial charge >= 0.3 is 5.97 Å². The molecule has 35 heavy (non-hydrogen) atoms. The highest BCUT2D eigenvalue weighted by molar-refractivity contribution is 6.31. The van der Waals surface area contributed by atoms with Gasteiger partial charge in [0.05, 0.1) is 23.7 Å². The maximum Gasteiger partial charge on any atom is 0.305 e. The molecule has 0 spiro atoms. The summed E-state index contributed by atoms with van der Waals surface area (Å²) in [5, 5.41) is 14.9. The van der Waals surface area contributed by atoms with Gasteiger partial charge in [0, 0.05) is 30.7 Å². The highest BCUT2D eigenvalue weighted by Crippen LogP contribution is 2.35. The highest BCUT2D eigenvalue weighted by atomic mass is 35.5. The molecule has 1 aliphatic rings. The summed E-state index contributed by atoms with van der Waals surface area (Å²) in [6.45, 7) is 0.650. The second-order valence-electron chi connectivity index (χ2n) is 7.67. The lowest BCUT2D eigenvalue weighted by molar-refractivity contribution is -0.136. The Bertz CT molecular complexity index is 1090. The van der Waals surface area contributed by atoms with Gasteiger partial charge in [-0.25, -0.2) is 4.39 Å². The zero-order valence-corrected chi connectivity index (χ0v) is 20.1. The minimum atomic E-state index is -0.950. The molecule has 0 radical (unpaired) electrons. The van der Waals surface area contributed by atoms with Crippen LogP contribution in [0.2, 0.25) is 10.0 Å². The summed E-state index contributed by atoms with van der Waals surface area (Å²) in [6, 6.07) is 8.82. The zero-order valence-electron chi connectivity index (χ0n) is 18.6. The fourth-order valence-electron chi connectivity index (χ4n) is 3.31. The number of amides is 2. The largest absolute Gasteiger partial charge is 0.484 e. The first kappa shape index (κ1) is 26.4. The van der Waals surface area contributed by atoms with Crippen molar-refractivity contribution in [2.75, 3.05) is 37.7 Å². The predicted molar refractivity (Wildman–Crippen MR) is 128 cm³/mol. The molecule has 2 aromatic carbocycles. The average Bonchev–Trinajstić information content (AvgIpc) is 2.82. The van der Waals surface area contributed by atoms with E-state index in [9.17, 15) is 18.8 Å². The van der Waals surface area contributed by atoms with Crippen molar-refractivity contribution >= 4 is 46.7 Å². The molecule has 1 heterocycles. The van der Waals surface area contributed by atoms with E-state index in [1.165, 1.54) is 12.1 Å². The van der Waals surface area contributed by atoms with Crippen LogP contribution < -0.4 is 25.0 Å². The first-order valence-corrected chi connectivity index (χ1v) is 11.5. The Balaban J connectivity index is 1.40. The summed E-state index contributed by atoms with van der Waals surface area (Å²) < 4.78 is 24.4. The molecule has 0 aliphatic carbocycles. The summed E-state index contributed by atoms with van der Waals surface area (Å²) in [5.41, 5.74) is 0.633. The molecule has 188 valence electrons. The molecule has 0 fully saturated rings. The van der Waals surface area contributed by atoms with Gasteiger partial charge in [0.25, 0.3) is 11.8 Å². The van der Waals surface area contributed by atoms with Crippen LogP contribution in [0.1, 0.15) is 12.8 Å². The SMILES string of the molecule is O=C(O)CCN1CC(C(=O)NCCCNC(=O)COc2ccc(Cl)c(F)c2)Oc2ccc(Cl)cc21. The summed E-state index contributed by atoms with van der Waals surface area (Å²) in [5.74, 6) is -1.72. The minimum absolute atomic E-state index is 0.0379. The normalized spacial score (nSPS) is 14.5. The van der Waals surface area contributed by atoms with Gasteiger partial charge < -0.3 is 30.1 Å². The number of hydrogen-bond acceptors (Lipinski definition) is 6. The van der Waals surface area contributed by atoms with Crippen LogP contribution in [0.15, 0.2) is 36.4 Å². The molecule has 0 bridgehead atoms. The van der Waals surface area contributed by atoms with Gasteiger partial charge in [-0.15, -0.1) is 0 Å². The number of carbonyl (C=O) groups is 3. The Labute approximate surface area is 211 Å². The van der Waals surface area contributed by atoms with Crippen LogP contribution in [-0.4, -0.2) is 61.8 Å². The van der Waals surface area contributed by atoms with Gasteiger partial charge in [-0.2, -0.15) is 0 Å². The van der Waals surface area contributed by atoms with Crippen molar-refractivity contribution in [2.45, 2.75) is 18.9 Å². The number of fused-ring (bicyclic) bond motifs is 1. The topological polar surface area (TPSA) is 117 Å². The third-order valence-electron chi connectivity index (χ3n) is 5.04. The van der Waals surface area contributed by atoms with Crippen LogP contribution >= 0.6 is 23.2 Å². The quantitative estimate of drug-likeness (QED) is 0.384. The molecule has 2 amide bonds. The van der Waals surface area contributed by atoms with E-state index < -0.39 is 23.8 Å². The van der Waals surface area contributed by atoms with E-state index in [1.54, 1.807) is 23.1 Å². The Morgan fingerprint density at radius 2 is 1.91 bits per heavy atom. The van der Waals surface area contributed by atoms with Gasteiger partial charge in [-0.3, -0.25) is 14.4 Å². The monoisotopic (exact) mass is 527 g/mol. The third-order valence-corrected chi connectivity index (χ3v) is 5.58. The Morgan fingerprint density at radius 1 is 1.14 bits per heavy atom.